The minimum atomic E-state index is -1.02. The zero-order valence-corrected chi connectivity index (χ0v) is 10.7. The third-order valence-corrected chi connectivity index (χ3v) is 4.05. The maximum absolute atomic E-state index is 11.4. The number of benzene rings is 1. The maximum atomic E-state index is 11.4. The average Bonchev–Trinajstić information content (AvgIpc) is 2.19. The Balaban J connectivity index is 2.50. The second-order valence-corrected chi connectivity index (χ2v) is 5.62. The van der Waals surface area contributed by atoms with Crippen LogP contribution < -0.4 is 5.32 Å². The van der Waals surface area contributed by atoms with E-state index in [0.717, 1.165) is 4.90 Å². The second kappa shape index (κ2) is 4.10. The van der Waals surface area contributed by atoms with Crippen molar-refractivity contribution in [3.63, 3.8) is 0 Å². The molecule has 1 aliphatic rings. The third-order valence-electron chi connectivity index (χ3n) is 2.23. The van der Waals surface area contributed by atoms with Gasteiger partial charge in [-0.15, -0.1) is 11.8 Å². The lowest BCUT2D eigenvalue weighted by Crippen LogP contribution is -2.26. The minimum absolute atomic E-state index is 0.101. The molecular weight excluding hydrogens is 294 g/mol. The van der Waals surface area contributed by atoms with E-state index in [4.69, 9.17) is 5.11 Å². The summed E-state index contributed by atoms with van der Waals surface area (Å²) in [6.07, 6.45) is 0. The highest BCUT2D eigenvalue weighted by Gasteiger charge is 2.25. The van der Waals surface area contributed by atoms with Gasteiger partial charge in [0.1, 0.15) is 0 Å². The summed E-state index contributed by atoms with van der Waals surface area (Å²) < 4.78 is 0.523. The lowest BCUT2D eigenvalue weighted by atomic mass is 10.2. The van der Waals surface area contributed by atoms with Crippen molar-refractivity contribution in [2.24, 2.45) is 0 Å². The third kappa shape index (κ3) is 1.94. The van der Waals surface area contributed by atoms with Gasteiger partial charge in [0.15, 0.2) is 0 Å². The van der Waals surface area contributed by atoms with E-state index >= 15 is 0 Å². The van der Waals surface area contributed by atoms with Gasteiger partial charge in [0, 0.05) is 9.37 Å². The van der Waals surface area contributed by atoms with E-state index in [-0.39, 0.29) is 16.7 Å². The predicted molar refractivity (Wildman–Crippen MR) is 65.0 cm³/mol. The van der Waals surface area contributed by atoms with Crippen molar-refractivity contribution in [2.75, 3.05) is 5.32 Å². The van der Waals surface area contributed by atoms with Crippen LogP contribution in [0.5, 0.6) is 0 Å². The number of fused-ring (bicyclic) bond motifs is 1. The molecule has 1 unspecified atom stereocenters. The summed E-state index contributed by atoms with van der Waals surface area (Å²) >= 11 is 4.62. The highest BCUT2D eigenvalue weighted by atomic mass is 79.9. The number of halogens is 1. The average molecular weight is 302 g/mol. The molecule has 2 N–H and O–H groups in total. The molecule has 16 heavy (non-hydrogen) atoms. The van der Waals surface area contributed by atoms with Gasteiger partial charge < -0.3 is 10.4 Å². The number of carbonyl (C=O) groups excluding carboxylic acids is 1. The van der Waals surface area contributed by atoms with Crippen molar-refractivity contribution in [3.05, 3.63) is 22.2 Å². The minimum Gasteiger partial charge on any atom is -0.478 e. The molecule has 6 heteroatoms. The molecule has 1 heterocycles. The molecule has 1 amide bonds. The number of carboxylic acid groups (broad SMARTS) is 1. The lowest BCUT2D eigenvalue weighted by molar-refractivity contribution is -0.115. The number of amides is 1. The van der Waals surface area contributed by atoms with E-state index in [1.165, 1.54) is 17.8 Å². The van der Waals surface area contributed by atoms with Crippen molar-refractivity contribution in [2.45, 2.75) is 17.1 Å². The first-order chi connectivity index (χ1) is 7.49. The van der Waals surface area contributed by atoms with Gasteiger partial charge in [-0.05, 0) is 35.0 Å². The van der Waals surface area contributed by atoms with E-state index in [9.17, 15) is 9.59 Å². The molecule has 1 aromatic carbocycles. The maximum Gasteiger partial charge on any atom is 0.336 e. The van der Waals surface area contributed by atoms with Crippen LogP contribution in [0, 0.1) is 0 Å². The van der Waals surface area contributed by atoms with Crippen LogP contribution in [-0.2, 0) is 4.79 Å². The summed E-state index contributed by atoms with van der Waals surface area (Å²) in [5.74, 6) is -1.12. The quantitative estimate of drug-likeness (QED) is 0.837. The normalized spacial score (nSPS) is 18.9. The molecule has 0 radical (unpaired) electrons. The van der Waals surface area contributed by atoms with Crippen molar-refractivity contribution in [1.29, 1.82) is 0 Å². The zero-order valence-electron chi connectivity index (χ0n) is 8.28. The molecular formula is C10H8BrNO3S. The largest absolute Gasteiger partial charge is 0.478 e. The van der Waals surface area contributed by atoms with Crippen LogP contribution in [-0.4, -0.2) is 22.2 Å². The van der Waals surface area contributed by atoms with E-state index in [0.29, 0.717) is 10.2 Å². The number of carboxylic acids is 1. The smallest absolute Gasteiger partial charge is 0.336 e. The van der Waals surface area contributed by atoms with Crippen molar-refractivity contribution < 1.29 is 14.7 Å². The molecule has 1 aromatic rings. The number of aromatic carboxylic acids is 1. The van der Waals surface area contributed by atoms with E-state index < -0.39 is 5.97 Å². The van der Waals surface area contributed by atoms with Gasteiger partial charge in [-0.25, -0.2) is 4.79 Å². The SMILES string of the molecule is CC1Sc2cc(Br)c(C(=O)O)cc2NC1=O. The first-order valence-corrected chi connectivity index (χ1v) is 6.20. The first kappa shape index (κ1) is 11.5. The molecule has 0 aliphatic carbocycles. The van der Waals surface area contributed by atoms with Crippen LogP contribution in [0.2, 0.25) is 0 Å². The molecule has 84 valence electrons. The van der Waals surface area contributed by atoms with E-state index in [1.807, 2.05) is 6.92 Å². The summed E-state index contributed by atoms with van der Waals surface area (Å²) in [5.41, 5.74) is 0.711. The summed E-state index contributed by atoms with van der Waals surface area (Å²) in [5, 5.41) is 11.5. The van der Waals surface area contributed by atoms with Crippen LogP contribution in [0.3, 0.4) is 0 Å². The topological polar surface area (TPSA) is 66.4 Å². The molecule has 0 fully saturated rings. The fourth-order valence-corrected chi connectivity index (χ4v) is 3.03. The zero-order chi connectivity index (χ0) is 11.9. The number of hydrogen-bond acceptors (Lipinski definition) is 3. The van der Waals surface area contributed by atoms with E-state index in [2.05, 4.69) is 21.2 Å². The molecule has 0 saturated carbocycles. The Labute approximate surface area is 105 Å². The van der Waals surface area contributed by atoms with Crippen LogP contribution in [0.1, 0.15) is 17.3 Å². The highest BCUT2D eigenvalue weighted by Crippen LogP contribution is 2.38. The molecule has 1 aliphatic heterocycles. The summed E-state index contributed by atoms with van der Waals surface area (Å²) in [6.45, 7) is 1.81. The number of thioether (sulfide) groups is 1. The van der Waals surface area contributed by atoms with Crippen LogP contribution in [0.25, 0.3) is 0 Å². The van der Waals surface area contributed by atoms with Crippen LogP contribution in [0.15, 0.2) is 21.5 Å². The molecule has 0 saturated heterocycles. The molecule has 1 atom stereocenters. The van der Waals surface area contributed by atoms with Gasteiger partial charge in [-0.2, -0.15) is 0 Å². The number of carbonyl (C=O) groups is 2. The number of anilines is 1. The Morgan fingerprint density at radius 1 is 1.56 bits per heavy atom. The van der Waals surface area contributed by atoms with Crippen molar-refractivity contribution >= 4 is 45.3 Å². The Morgan fingerprint density at radius 3 is 2.88 bits per heavy atom. The van der Waals surface area contributed by atoms with Gasteiger partial charge in [-0.3, -0.25) is 4.79 Å². The standard InChI is InChI=1S/C10H8BrNO3S/c1-4-9(13)12-7-2-5(10(14)15)6(11)3-8(7)16-4/h2-4H,1H3,(H,12,13)(H,14,15). The van der Waals surface area contributed by atoms with Gasteiger partial charge in [0.2, 0.25) is 5.91 Å². The Hall–Kier alpha value is -1.01. The summed E-state index contributed by atoms with van der Waals surface area (Å²) in [6, 6.07) is 3.19. The van der Waals surface area contributed by atoms with Gasteiger partial charge in [-0.1, -0.05) is 0 Å². The van der Waals surface area contributed by atoms with Gasteiger partial charge in [0.25, 0.3) is 0 Å². The second-order valence-electron chi connectivity index (χ2n) is 3.38. The molecule has 2 rings (SSSR count). The number of rotatable bonds is 1. The Morgan fingerprint density at radius 2 is 2.25 bits per heavy atom. The summed E-state index contributed by atoms with van der Waals surface area (Å²) in [4.78, 5) is 23.2. The molecule has 0 aromatic heterocycles. The van der Waals surface area contributed by atoms with Gasteiger partial charge >= 0.3 is 5.97 Å². The lowest BCUT2D eigenvalue weighted by Gasteiger charge is -2.22. The summed E-state index contributed by atoms with van der Waals surface area (Å²) in [7, 11) is 0. The van der Waals surface area contributed by atoms with Crippen LogP contribution in [0.4, 0.5) is 5.69 Å². The van der Waals surface area contributed by atoms with E-state index in [1.54, 1.807) is 6.07 Å². The molecule has 4 nitrogen and oxygen atoms in total. The van der Waals surface area contributed by atoms with Gasteiger partial charge in [0.05, 0.1) is 16.5 Å². The fourth-order valence-electron chi connectivity index (χ4n) is 1.39. The van der Waals surface area contributed by atoms with Crippen LogP contribution >= 0.6 is 27.7 Å². The monoisotopic (exact) mass is 301 g/mol. The highest BCUT2D eigenvalue weighted by molar-refractivity contribution is 9.10. The van der Waals surface area contributed by atoms with Crippen molar-refractivity contribution in [1.82, 2.24) is 0 Å². The fraction of sp³-hybridized carbons (Fsp3) is 0.200. The predicted octanol–water partition coefficient (Wildman–Crippen LogP) is 2.58. The number of hydrogen-bond donors (Lipinski definition) is 2. The Bertz CT molecular complexity index is 489. The first-order valence-electron chi connectivity index (χ1n) is 4.53. The Kier molecular flexibility index (Phi) is 2.94. The van der Waals surface area contributed by atoms with Crippen molar-refractivity contribution in [3.8, 4) is 0 Å². The molecule has 0 bridgehead atoms. The molecule has 0 spiro atoms. The number of nitrogens with one attached hydrogen (secondary N) is 1.